The molecule has 1 aliphatic rings. The van der Waals surface area contributed by atoms with Gasteiger partial charge in [-0.05, 0) is 43.2 Å². The second-order valence-corrected chi connectivity index (χ2v) is 6.04. The van der Waals surface area contributed by atoms with Crippen LogP contribution in [0.25, 0.3) is 0 Å². The quantitative estimate of drug-likeness (QED) is 0.940. The lowest BCUT2D eigenvalue weighted by Crippen LogP contribution is -2.43. The Hall–Kier alpha value is -2.01. The van der Waals surface area contributed by atoms with Crippen molar-refractivity contribution in [2.45, 2.75) is 25.9 Å². The molecule has 0 bridgehead atoms. The summed E-state index contributed by atoms with van der Waals surface area (Å²) in [6, 6.07) is 7.39. The van der Waals surface area contributed by atoms with E-state index in [1.807, 2.05) is 31.3 Å². The number of nitrogens with zero attached hydrogens (tertiary/aromatic N) is 2. The molecule has 0 aliphatic carbocycles. The van der Waals surface area contributed by atoms with Crippen molar-refractivity contribution in [2.75, 3.05) is 6.61 Å². The lowest BCUT2D eigenvalue weighted by Gasteiger charge is -2.26. The number of fused-ring (bicyclic) bond motifs is 1. The smallest absolute Gasteiger partial charge is 0.227 e. The Bertz CT molecular complexity index is 657. The van der Waals surface area contributed by atoms with Crippen molar-refractivity contribution in [1.29, 1.82) is 0 Å². The van der Waals surface area contributed by atoms with E-state index in [9.17, 15) is 4.79 Å². The Morgan fingerprint density at radius 3 is 3.23 bits per heavy atom. The van der Waals surface area contributed by atoms with Gasteiger partial charge in [-0.2, -0.15) is 5.10 Å². The van der Waals surface area contributed by atoms with Gasteiger partial charge < -0.3 is 10.1 Å². The van der Waals surface area contributed by atoms with Gasteiger partial charge in [0, 0.05) is 23.5 Å². The molecule has 1 N–H and O–H groups in total. The molecule has 0 saturated heterocycles. The number of nitrogens with one attached hydrogen (secondary N) is 1. The molecule has 0 saturated carbocycles. The van der Waals surface area contributed by atoms with Crippen LogP contribution in [-0.2, 0) is 17.8 Å². The normalized spacial score (nSPS) is 18.2. The molecule has 0 spiro atoms. The largest absolute Gasteiger partial charge is 0.492 e. The third kappa shape index (κ3) is 3.42. The second kappa shape index (κ2) is 6.40. The van der Waals surface area contributed by atoms with Crippen molar-refractivity contribution in [3.05, 3.63) is 47.2 Å². The Morgan fingerprint density at radius 1 is 1.59 bits per heavy atom. The average molecular weight is 320 g/mol. The van der Waals surface area contributed by atoms with Gasteiger partial charge in [-0.25, -0.2) is 0 Å². The summed E-state index contributed by atoms with van der Waals surface area (Å²) in [5.74, 6) is 0.634. The zero-order valence-electron chi connectivity index (χ0n) is 12.3. The molecule has 1 aromatic carbocycles. The van der Waals surface area contributed by atoms with Gasteiger partial charge in [0.25, 0.3) is 0 Å². The Kier molecular flexibility index (Phi) is 4.34. The predicted octanol–water partition coefficient (Wildman–Crippen LogP) is 2.29. The first kappa shape index (κ1) is 14.9. The molecule has 2 atom stereocenters. The number of hydrogen-bond donors (Lipinski definition) is 1. The summed E-state index contributed by atoms with van der Waals surface area (Å²) in [7, 11) is 0. The summed E-state index contributed by atoms with van der Waals surface area (Å²) < 4.78 is 7.47. The molecule has 1 aliphatic heterocycles. The fourth-order valence-corrected chi connectivity index (χ4v) is 2.82. The highest BCUT2D eigenvalue weighted by atomic mass is 35.5. The molecule has 5 nitrogen and oxygen atoms in total. The van der Waals surface area contributed by atoms with Crippen LogP contribution in [0.4, 0.5) is 0 Å². The maximum atomic E-state index is 12.4. The summed E-state index contributed by atoms with van der Waals surface area (Å²) in [6.45, 7) is 3.01. The fraction of sp³-hybridized carbons (Fsp3) is 0.375. The molecule has 2 heterocycles. The van der Waals surface area contributed by atoms with Gasteiger partial charge in [-0.15, -0.1) is 0 Å². The van der Waals surface area contributed by atoms with E-state index in [1.54, 1.807) is 16.9 Å². The minimum Gasteiger partial charge on any atom is -0.492 e. The summed E-state index contributed by atoms with van der Waals surface area (Å²) >= 11 is 6.00. The summed E-state index contributed by atoms with van der Waals surface area (Å²) in [5.41, 5.74) is 0.985. The highest BCUT2D eigenvalue weighted by molar-refractivity contribution is 6.30. The van der Waals surface area contributed by atoms with Crippen LogP contribution in [0, 0.1) is 5.92 Å². The van der Waals surface area contributed by atoms with E-state index in [0.29, 0.717) is 24.6 Å². The first-order valence-corrected chi connectivity index (χ1v) is 7.68. The van der Waals surface area contributed by atoms with Gasteiger partial charge in [-0.1, -0.05) is 11.6 Å². The van der Waals surface area contributed by atoms with Crippen molar-refractivity contribution in [2.24, 2.45) is 5.92 Å². The SMILES string of the molecule is C[C@@H](Cn1cccn1)NC(=O)[C@H]1COc2ccc(Cl)cc2C1. The molecule has 0 unspecified atom stereocenters. The molecule has 0 radical (unpaired) electrons. The maximum absolute atomic E-state index is 12.4. The van der Waals surface area contributed by atoms with Gasteiger partial charge in [0.1, 0.15) is 12.4 Å². The van der Waals surface area contributed by atoms with Crippen molar-refractivity contribution in [3.8, 4) is 5.75 Å². The Labute approximate surface area is 134 Å². The van der Waals surface area contributed by atoms with Gasteiger partial charge in [0.2, 0.25) is 5.91 Å². The van der Waals surface area contributed by atoms with Gasteiger partial charge in [-0.3, -0.25) is 9.48 Å². The molecule has 1 aromatic heterocycles. The Morgan fingerprint density at radius 2 is 2.45 bits per heavy atom. The standard InChI is InChI=1S/C16H18ClN3O2/c1-11(9-20-6-2-5-18-20)19-16(21)13-7-12-8-14(17)3-4-15(12)22-10-13/h2-6,8,11,13H,7,9-10H2,1H3,(H,19,21)/t11-,13+/m0/s1. The zero-order chi connectivity index (χ0) is 15.5. The van der Waals surface area contributed by atoms with E-state index in [4.69, 9.17) is 16.3 Å². The number of carbonyl (C=O) groups is 1. The number of hydrogen-bond acceptors (Lipinski definition) is 3. The number of halogens is 1. The van der Waals surface area contributed by atoms with Crippen molar-refractivity contribution in [1.82, 2.24) is 15.1 Å². The average Bonchev–Trinajstić information content (AvgIpc) is 2.99. The molecular formula is C16H18ClN3O2. The summed E-state index contributed by atoms with van der Waals surface area (Å²) in [6.07, 6.45) is 4.25. The number of amides is 1. The molecule has 2 aromatic rings. The monoisotopic (exact) mass is 319 g/mol. The third-order valence-corrected chi connectivity index (χ3v) is 3.94. The number of ether oxygens (including phenoxy) is 1. The molecule has 6 heteroatoms. The lowest BCUT2D eigenvalue weighted by molar-refractivity contribution is -0.127. The minimum absolute atomic E-state index is 0.00489. The Balaban J connectivity index is 1.59. The lowest BCUT2D eigenvalue weighted by atomic mass is 9.96. The van der Waals surface area contributed by atoms with Crippen LogP contribution in [0.15, 0.2) is 36.7 Å². The van der Waals surface area contributed by atoms with Crippen LogP contribution in [-0.4, -0.2) is 28.3 Å². The van der Waals surface area contributed by atoms with Crippen molar-refractivity contribution in [3.63, 3.8) is 0 Å². The highest BCUT2D eigenvalue weighted by Crippen LogP contribution is 2.29. The number of carbonyl (C=O) groups excluding carboxylic acids is 1. The van der Waals surface area contributed by atoms with Gasteiger partial charge >= 0.3 is 0 Å². The number of rotatable bonds is 4. The van der Waals surface area contributed by atoms with E-state index in [-0.39, 0.29) is 17.9 Å². The van der Waals surface area contributed by atoms with E-state index in [0.717, 1.165) is 11.3 Å². The van der Waals surface area contributed by atoms with E-state index < -0.39 is 0 Å². The van der Waals surface area contributed by atoms with Crippen LogP contribution < -0.4 is 10.1 Å². The van der Waals surface area contributed by atoms with Crippen molar-refractivity contribution >= 4 is 17.5 Å². The van der Waals surface area contributed by atoms with E-state index in [2.05, 4.69) is 10.4 Å². The van der Waals surface area contributed by atoms with E-state index >= 15 is 0 Å². The topological polar surface area (TPSA) is 56.2 Å². The fourth-order valence-electron chi connectivity index (χ4n) is 2.63. The molecule has 3 rings (SSSR count). The molecule has 1 amide bonds. The molecule has 22 heavy (non-hydrogen) atoms. The first-order chi connectivity index (χ1) is 10.6. The molecule has 0 fully saturated rings. The zero-order valence-corrected chi connectivity index (χ0v) is 13.1. The first-order valence-electron chi connectivity index (χ1n) is 7.31. The maximum Gasteiger partial charge on any atom is 0.227 e. The number of benzene rings is 1. The van der Waals surface area contributed by atoms with Gasteiger partial charge in [0.15, 0.2) is 0 Å². The van der Waals surface area contributed by atoms with Crippen LogP contribution in [0.5, 0.6) is 5.75 Å². The van der Waals surface area contributed by atoms with Crippen molar-refractivity contribution < 1.29 is 9.53 Å². The van der Waals surface area contributed by atoms with Crippen LogP contribution in [0.2, 0.25) is 5.02 Å². The van der Waals surface area contributed by atoms with Gasteiger partial charge in [0.05, 0.1) is 12.5 Å². The van der Waals surface area contributed by atoms with Crippen LogP contribution in [0.1, 0.15) is 12.5 Å². The second-order valence-electron chi connectivity index (χ2n) is 5.60. The summed E-state index contributed by atoms with van der Waals surface area (Å²) in [5, 5.41) is 7.82. The predicted molar refractivity (Wildman–Crippen MR) is 84.0 cm³/mol. The van der Waals surface area contributed by atoms with Crippen LogP contribution >= 0.6 is 11.6 Å². The van der Waals surface area contributed by atoms with E-state index in [1.165, 1.54) is 0 Å². The molecule has 116 valence electrons. The molecular weight excluding hydrogens is 302 g/mol. The highest BCUT2D eigenvalue weighted by Gasteiger charge is 2.27. The number of aromatic nitrogens is 2. The third-order valence-electron chi connectivity index (χ3n) is 3.71. The minimum atomic E-state index is -0.189. The van der Waals surface area contributed by atoms with Crippen LogP contribution in [0.3, 0.4) is 0 Å². The summed E-state index contributed by atoms with van der Waals surface area (Å²) in [4.78, 5) is 12.4.